The van der Waals surface area contributed by atoms with Crippen LogP contribution in [0, 0.1) is 2.88 Å². The molecule has 1 unspecified atom stereocenters. The van der Waals surface area contributed by atoms with Crippen LogP contribution in [0.15, 0.2) is 11.4 Å². The van der Waals surface area contributed by atoms with Crippen molar-refractivity contribution < 1.29 is 14.3 Å². The van der Waals surface area contributed by atoms with E-state index in [0.717, 1.165) is 34.3 Å². The minimum atomic E-state index is -0.00158. The molecule has 1 saturated heterocycles. The van der Waals surface area contributed by atoms with Crippen LogP contribution in [0.3, 0.4) is 0 Å². The van der Waals surface area contributed by atoms with Crippen LogP contribution < -0.4 is 5.32 Å². The second-order valence-electron chi connectivity index (χ2n) is 4.46. The second-order valence-corrected chi connectivity index (χ2v) is 7.26. The molecule has 106 valence electrons. The summed E-state index contributed by atoms with van der Waals surface area (Å²) < 4.78 is 12.1. The van der Waals surface area contributed by atoms with E-state index < -0.39 is 0 Å². The Morgan fingerprint density at radius 2 is 2.53 bits per heavy atom. The molecule has 1 amide bonds. The molecule has 1 atom stereocenters. The van der Waals surface area contributed by atoms with E-state index in [1.54, 1.807) is 11.3 Å². The molecular weight excluding hydrogens is 377 g/mol. The third-order valence-corrected chi connectivity index (χ3v) is 4.70. The van der Waals surface area contributed by atoms with Gasteiger partial charge in [-0.3, -0.25) is 4.79 Å². The van der Waals surface area contributed by atoms with Gasteiger partial charge in [-0.25, -0.2) is 0 Å². The van der Waals surface area contributed by atoms with Gasteiger partial charge < -0.3 is 14.8 Å². The van der Waals surface area contributed by atoms with Crippen molar-refractivity contribution in [3.63, 3.8) is 0 Å². The maximum absolute atomic E-state index is 11.7. The monoisotopic (exact) mass is 395 g/mol. The summed E-state index contributed by atoms with van der Waals surface area (Å²) in [6.45, 7) is 2.86. The summed E-state index contributed by atoms with van der Waals surface area (Å²) in [4.78, 5) is 11.7. The Labute approximate surface area is 131 Å². The number of rotatable bonds is 7. The van der Waals surface area contributed by atoms with Gasteiger partial charge in [-0.15, -0.1) is 11.3 Å². The molecule has 0 radical (unpaired) electrons. The highest BCUT2D eigenvalue weighted by atomic mass is 127. The van der Waals surface area contributed by atoms with Crippen LogP contribution in [0.25, 0.3) is 0 Å². The Morgan fingerprint density at radius 1 is 1.63 bits per heavy atom. The van der Waals surface area contributed by atoms with Crippen molar-refractivity contribution in [1.29, 1.82) is 0 Å². The third-order valence-electron chi connectivity index (χ3n) is 2.91. The Bertz CT molecular complexity index is 404. The fraction of sp³-hybridized carbons (Fsp3) is 0.615. The molecule has 1 N–H and O–H groups in total. The molecule has 0 saturated carbocycles. The number of amides is 1. The predicted molar refractivity (Wildman–Crippen MR) is 83.8 cm³/mol. The van der Waals surface area contributed by atoms with Crippen LogP contribution in [0.2, 0.25) is 0 Å². The fourth-order valence-corrected chi connectivity index (χ4v) is 3.22. The van der Waals surface area contributed by atoms with Gasteiger partial charge in [0.05, 0.1) is 21.2 Å². The van der Waals surface area contributed by atoms with E-state index in [1.165, 1.54) is 0 Å². The largest absolute Gasteiger partial charge is 0.379 e. The summed E-state index contributed by atoms with van der Waals surface area (Å²) in [5, 5.41) is 4.77. The highest BCUT2D eigenvalue weighted by Crippen LogP contribution is 2.16. The molecule has 1 fully saturated rings. The lowest BCUT2D eigenvalue weighted by molar-refractivity contribution is 0.0166. The second kappa shape index (κ2) is 8.18. The standard InChI is InChI=1S/C13H18INO3S/c14-12-7-10(9-19-12)13(16)15-4-2-5-17-8-11-3-1-6-18-11/h7,9,11H,1-6,8H2,(H,15,16). The van der Waals surface area contributed by atoms with E-state index in [0.29, 0.717) is 19.8 Å². The topological polar surface area (TPSA) is 47.6 Å². The lowest BCUT2D eigenvalue weighted by Crippen LogP contribution is -2.25. The number of halogens is 1. The zero-order chi connectivity index (χ0) is 13.5. The molecule has 0 aliphatic carbocycles. The van der Waals surface area contributed by atoms with E-state index in [-0.39, 0.29) is 12.0 Å². The minimum absolute atomic E-state index is 0.00158. The molecule has 2 heterocycles. The first-order valence-corrected chi connectivity index (χ1v) is 8.43. The number of carbonyl (C=O) groups is 1. The zero-order valence-electron chi connectivity index (χ0n) is 10.7. The Kier molecular flexibility index (Phi) is 6.55. The van der Waals surface area contributed by atoms with Gasteiger partial charge in [0, 0.05) is 25.1 Å². The minimum Gasteiger partial charge on any atom is -0.379 e. The van der Waals surface area contributed by atoms with Crippen molar-refractivity contribution in [2.24, 2.45) is 0 Å². The number of carbonyl (C=O) groups excluding carboxylic acids is 1. The number of nitrogens with one attached hydrogen (secondary N) is 1. The predicted octanol–water partition coefficient (Wildman–Crippen LogP) is 2.67. The first-order valence-electron chi connectivity index (χ1n) is 6.47. The SMILES string of the molecule is O=C(NCCCOCC1CCCO1)c1csc(I)c1. The van der Waals surface area contributed by atoms with Gasteiger partial charge in [-0.2, -0.15) is 0 Å². The average Bonchev–Trinajstić information content (AvgIpc) is 3.04. The highest BCUT2D eigenvalue weighted by molar-refractivity contribution is 14.1. The van der Waals surface area contributed by atoms with Gasteiger partial charge in [-0.05, 0) is 47.9 Å². The van der Waals surface area contributed by atoms with Crippen molar-refractivity contribution in [2.75, 3.05) is 26.4 Å². The Hall–Kier alpha value is -0.180. The molecule has 19 heavy (non-hydrogen) atoms. The molecule has 1 aromatic heterocycles. The van der Waals surface area contributed by atoms with Crippen molar-refractivity contribution in [3.05, 3.63) is 19.9 Å². The summed E-state index contributed by atoms with van der Waals surface area (Å²) in [7, 11) is 0. The van der Waals surface area contributed by atoms with Crippen LogP contribution in [-0.4, -0.2) is 38.4 Å². The molecular formula is C13H18INO3S. The average molecular weight is 395 g/mol. The Balaban J connectivity index is 1.50. The zero-order valence-corrected chi connectivity index (χ0v) is 13.7. The van der Waals surface area contributed by atoms with E-state index >= 15 is 0 Å². The van der Waals surface area contributed by atoms with Crippen LogP contribution in [0.5, 0.6) is 0 Å². The van der Waals surface area contributed by atoms with E-state index in [1.807, 2.05) is 11.4 Å². The molecule has 1 aromatic rings. The molecule has 1 aliphatic heterocycles. The first-order chi connectivity index (χ1) is 9.25. The number of hydrogen-bond donors (Lipinski definition) is 1. The summed E-state index contributed by atoms with van der Waals surface area (Å²) >= 11 is 3.80. The van der Waals surface area contributed by atoms with Crippen molar-refractivity contribution in [3.8, 4) is 0 Å². The van der Waals surface area contributed by atoms with E-state index in [9.17, 15) is 4.79 Å². The maximum atomic E-state index is 11.7. The molecule has 4 nitrogen and oxygen atoms in total. The number of hydrogen-bond acceptors (Lipinski definition) is 4. The van der Waals surface area contributed by atoms with Crippen LogP contribution in [0.1, 0.15) is 29.6 Å². The van der Waals surface area contributed by atoms with Gasteiger partial charge in [0.25, 0.3) is 5.91 Å². The first kappa shape index (κ1) is 15.2. The van der Waals surface area contributed by atoms with Crippen molar-refractivity contribution in [1.82, 2.24) is 5.32 Å². The quantitative estimate of drug-likeness (QED) is 0.571. The third kappa shape index (κ3) is 5.37. The molecule has 0 bridgehead atoms. The van der Waals surface area contributed by atoms with Gasteiger partial charge in [0.2, 0.25) is 0 Å². The molecule has 0 aromatic carbocycles. The summed E-state index contributed by atoms with van der Waals surface area (Å²) in [6.07, 6.45) is 3.36. The smallest absolute Gasteiger partial charge is 0.252 e. The summed E-state index contributed by atoms with van der Waals surface area (Å²) in [6, 6.07) is 1.90. The summed E-state index contributed by atoms with van der Waals surface area (Å²) in [5.41, 5.74) is 0.745. The van der Waals surface area contributed by atoms with Crippen LogP contribution in [0.4, 0.5) is 0 Å². The van der Waals surface area contributed by atoms with Crippen LogP contribution in [-0.2, 0) is 9.47 Å². The van der Waals surface area contributed by atoms with Gasteiger partial charge in [0.15, 0.2) is 0 Å². The van der Waals surface area contributed by atoms with Crippen molar-refractivity contribution in [2.45, 2.75) is 25.4 Å². The van der Waals surface area contributed by atoms with Gasteiger partial charge in [-0.1, -0.05) is 0 Å². The van der Waals surface area contributed by atoms with E-state index in [4.69, 9.17) is 9.47 Å². The van der Waals surface area contributed by atoms with Crippen LogP contribution >= 0.6 is 33.9 Å². The van der Waals surface area contributed by atoms with Crippen molar-refractivity contribution >= 4 is 39.8 Å². The summed E-state index contributed by atoms with van der Waals surface area (Å²) in [5.74, 6) is -0.00158. The maximum Gasteiger partial charge on any atom is 0.252 e. The molecule has 1 aliphatic rings. The lowest BCUT2D eigenvalue weighted by Gasteiger charge is -2.10. The number of ether oxygens (including phenoxy) is 2. The fourth-order valence-electron chi connectivity index (χ4n) is 1.90. The van der Waals surface area contributed by atoms with Gasteiger partial charge >= 0.3 is 0 Å². The number of thiophene rings is 1. The Morgan fingerprint density at radius 3 is 3.21 bits per heavy atom. The lowest BCUT2D eigenvalue weighted by atomic mass is 10.2. The van der Waals surface area contributed by atoms with E-state index in [2.05, 4.69) is 27.9 Å². The normalized spacial score (nSPS) is 18.7. The highest BCUT2D eigenvalue weighted by Gasteiger charge is 2.14. The van der Waals surface area contributed by atoms with Gasteiger partial charge in [0.1, 0.15) is 0 Å². The molecule has 2 rings (SSSR count). The molecule has 0 spiro atoms. The molecule has 6 heteroatoms.